The molecule has 0 aliphatic carbocycles. The molecule has 1 unspecified atom stereocenters. The van der Waals surface area contributed by atoms with Crippen molar-refractivity contribution in [2.24, 2.45) is 4.99 Å². The Morgan fingerprint density at radius 2 is 1.90 bits per heavy atom. The number of nitrogens with zero attached hydrogens (tertiary/aromatic N) is 1. The molecule has 2 aromatic carbocycles. The molecule has 3 aromatic rings. The van der Waals surface area contributed by atoms with Gasteiger partial charge in [0.1, 0.15) is 11.9 Å². The van der Waals surface area contributed by atoms with Gasteiger partial charge in [0.25, 0.3) is 0 Å². The van der Waals surface area contributed by atoms with E-state index in [1.54, 1.807) is 18.4 Å². The van der Waals surface area contributed by atoms with Gasteiger partial charge >= 0.3 is 0 Å². The molecule has 0 radical (unpaired) electrons. The number of benzene rings is 2. The van der Waals surface area contributed by atoms with Crippen molar-refractivity contribution in [1.82, 2.24) is 10.6 Å². The third-order valence-electron chi connectivity index (χ3n) is 4.00. The van der Waals surface area contributed by atoms with Gasteiger partial charge in [-0.15, -0.1) is 35.3 Å². The van der Waals surface area contributed by atoms with Crippen molar-refractivity contribution in [3.8, 4) is 0 Å². The molecule has 0 aliphatic heterocycles. The highest BCUT2D eigenvalue weighted by Gasteiger charge is 2.12. The fraction of sp³-hybridized carbons (Fsp3) is 0.200. The van der Waals surface area contributed by atoms with Gasteiger partial charge in [-0.25, -0.2) is 4.39 Å². The smallest absolute Gasteiger partial charge is 0.243 e. The second-order valence-corrected chi connectivity index (χ2v) is 7.18. The Balaban J connectivity index is 0.00000300. The molecule has 3 rings (SSSR count). The Morgan fingerprint density at radius 3 is 2.59 bits per heavy atom. The zero-order valence-corrected chi connectivity index (χ0v) is 18.8. The maximum atomic E-state index is 12.9. The Hall–Kier alpha value is -2.24. The third kappa shape index (κ3) is 6.65. The summed E-state index contributed by atoms with van der Waals surface area (Å²) in [5.41, 5.74) is 0.510. The van der Waals surface area contributed by atoms with E-state index in [1.165, 1.54) is 24.3 Å². The molecule has 0 bridgehead atoms. The molecule has 0 saturated carbocycles. The Morgan fingerprint density at radius 1 is 1.17 bits per heavy atom. The Labute approximate surface area is 189 Å². The molecule has 29 heavy (non-hydrogen) atoms. The SMILES string of the molecule is CN=C(NCC(=O)Nc1ccc(F)cc1)NCC(O)c1cc2ccccc2s1.I. The zero-order chi connectivity index (χ0) is 19.9. The summed E-state index contributed by atoms with van der Waals surface area (Å²) in [5.74, 6) is -0.257. The predicted octanol–water partition coefficient (Wildman–Crippen LogP) is 3.50. The first-order chi connectivity index (χ1) is 13.5. The van der Waals surface area contributed by atoms with Crippen molar-refractivity contribution >= 4 is 63.0 Å². The minimum atomic E-state index is -0.691. The average Bonchev–Trinajstić information content (AvgIpc) is 3.14. The molecule has 0 aliphatic rings. The highest BCUT2D eigenvalue weighted by atomic mass is 127. The first-order valence-corrected chi connectivity index (χ1v) is 9.53. The van der Waals surface area contributed by atoms with Crippen molar-refractivity contribution in [2.45, 2.75) is 6.10 Å². The van der Waals surface area contributed by atoms with Crippen LogP contribution in [0.2, 0.25) is 0 Å². The van der Waals surface area contributed by atoms with E-state index in [4.69, 9.17) is 0 Å². The Kier molecular flexibility index (Phi) is 8.80. The fourth-order valence-electron chi connectivity index (χ4n) is 2.58. The minimum Gasteiger partial charge on any atom is -0.386 e. The first-order valence-electron chi connectivity index (χ1n) is 8.71. The quantitative estimate of drug-likeness (QED) is 0.224. The number of carbonyl (C=O) groups is 1. The summed E-state index contributed by atoms with van der Waals surface area (Å²) in [5, 5.41) is 20.1. The normalized spacial score (nSPS) is 12.2. The van der Waals surface area contributed by atoms with Crippen LogP contribution in [0.25, 0.3) is 10.1 Å². The van der Waals surface area contributed by atoms with Gasteiger partial charge in [-0.05, 0) is 41.8 Å². The monoisotopic (exact) mass is 528 g/mol. The number of halogens is 2. The van der Waals surface area contributed by atoms with Crippen LogP contribution in [0, 0.1) is 5.82 Å². The number of amides is 1. The maximum Gasteiger partial charge on any atom is 0.243 e. The molecule has 1 aromatic heterocycles. The van der Waals surface area contributed by atoms with E-state index in [0.717, 1.165) is 15.0 Å². The first kappa shape index (κ1) is 23.0. The van der Waals surface area contributed by atoms with Crippen molar-refractivity contribution in [1.29, 1.82) is 0 Å². The standard InChI is InChI=1S/C20H21FN4O2S.HI/c1-22-20(24-12-19(27)25-15-8-6-14(21)7-9-15)23-11-16(26)18-10-13-4-2-3-5-17(13)28-18;/h2-10,16,26H,11-12H2,1H3,(H,25,27)(H2,22,23,24);1H. The number of fused-ring (bicyclic) bond motifs is 1. The van der Waals surface area contributed by atoms with Gasteiger partial charge < -0.3 is 21.1 Å². The number of hydrogen-bond donors (Lipinski definition) is 4. The topological polar surface area (TPSA) is 85.8 Å². The molecule has 1 amide bonds. The van der Waals surface area contributed by atoms with Gasteiger partial charge in [0.15, 0.2) is 5.96 Å². The summed E-state index contributed by atoms with van der Waals surface area (Å²) in [6, 6.07) is 15.5. The van der Waals surface area contributed by atoms with Crippen molar-refractivity contribution in [3.63, 3.8) is 0 Å². The molecule has 154 valence electrons. The highest BCUT2D eigenvalue weighted by Crippen LogP contribution is 2.29. The summed E-state index contributed by atoms with van der Waals surface area (Å²) < 4.78 is 14.0. The van der Waals surface area contributed by atoms with Crippen LogP contribution in [0.3, 0.4) is 0 Å². The van der Waals surface area contributed by atoms with E-state index >= 15 is 0 Å². The largest absolute Gasteiger partial charge is 0.386 e. The van der Waals surface area contributed by atoms with Crippen molar-refractivity contribution in [3.05, 3.63) is 65.3 Å². The van der Waals surface area contributed by atoms with Gasteiger partial charge in [-0.3, -0.25) is 9.79 Å². The molecule has 0 saturated heterocycles. The maximum absolute atomic E-state index is 12.9. The second-order valence-electron chi connectivity index (χ2n) is 6.06. The predicted molar refractivity (Wildman–Crippen MR) is 127 cm³/mol. The molecule has 9 heteroatoms. The lowest BCUT2D eigenvalue weighted by atomic mass is 10.2. The van der Waals surface area contributed by atoms with Crippen LogP contribution in [-0.4, -0.2) is 37.1 Å². The van der Waals surface area contributed by atoms with E-state index in [-0.39, 0.29) is 48.8 Å². The second kappa shape index (κ2) is 11.1. The van der Waals surface area contributed by atoms with E-state index in [9.17, 15) is 14.3 Å². The summed E-state index contributed by atoms with van der Waals surface area (Å²) in [6.45, 7) is 0.238. The molecule has 4 N–H and O–H groups in total. The highest BCUT2D eigenvalue weighted by molar-refractivity contribution is 14.0. The molecule has 0 fully saturated rings. The summed E-state index contributed by atoms with van der Waals surface area (Å²) in [6.07, 6.45) is -0.691. The Bertz CT molecular complexity index is 945. The summed E-state index contributed by atoms with van der Waals surface area (Å²) in [4.78, 5) is 16.9. The van der Waals surface area contributed by atoms with Crippen molar-refractivity contribution in [2.75, 3.05) is 25.5 Å². The van der Waals surface area contributed by atoms with Gasteiger partial charge in [0.2, 0.25) is 5.91 Å². The van der Waals surface area contributed by atoms with Crippen LogP contribution in [0.1, 0.15) is 11.0 Å². The molecular weight excluding hydrogens is 506 g/mol. The number of guanidine groups is 1. The van der Waals surface area contributed by atoms with Crippen molar-refractivity contribution < 1.29 is 14.3 Å². The van der Waals surface area contributed by atoms with E-state index in [2.05, 4.69) is 20.9 Å². The average molecular weight is 528 g/mol. The van der Waals surface area contributed by atoms with Gasteiger partial charge in [0, 0.05) is 28.9 Å². The number of aliphatic imine (C=N–C) groups is 1. The van der Waals surface area contributed by atoms with Gasteiger partial charge in [0.05, 0.1) is 6.54 Å². The summed E-state index contributed by atoms with van der Waals surface area (Å²) >= 11 is 1.54. The zero-order valence-electron chi connectivity index (χ0n) is 15.7. The van der Waals surface area contributed by atoms with E-state index in [1.807, 2.05) is 30.3 Å². The molecule has 1 heterocycles. The third-order valence-corrected chi connectivity index (χ3v) is 5.22. The lowest BCUT2D eigenvalue weighted by Crippen LogP contribution is -2.42. The molecular formula is C20H22FIN4O2S. The van der Waals surface area contributed by atoms with E-state index < -0.39 is 6.10 Å². The van der Waals surface area contributed by atoms with Gasteiger partial charge in [-0.1, -0.05) is 18.2 Å². The lowest BCUT2D eigenvalue weighted by molar-refractivity contribution is -0.115. The molecule has 0 spiro atoms. The number of aliphatic hydroxyl groups excluding tert-OH is 1. The van der Waals surface area contributed by atoms with Crippen LogP contribution in [-0.2, 0) is 4.79 Å². The fourth-order valence-corrected chi connectivity index (χ4v) is 3.63. The number of rotatable bonds is 6. The van der Waals surface area contributed by atoms with Crippen LogP contribution >= 0.6 is 35.3 Å². The van der Waals surface area contributed by atoms with Crippen LogP contribution in [0.15, 0.2) is 59.6 Å². The lowest BCUT2D eigenvalue weighted by Gasteiger charge is -2.14. The number of aliphatic hydroxyl groups is 1. The number of hydrogen-bond acceptors (Lipinski definition) is 4. The molecule has 6 nitrogen and oxygen atoms in total. The van der Waals surface area contributed by atoms with Gasteiger partial charge in [-0.2, -0.15) is 0 Å². The van der Waals surface area contributed by atoms with Crippen LogP contribution in [0.4, 0.5) is 10.1 Å². The number of thiophene rings is 1. The minimum absolute atomic E-state index is 0. The number of nitrogens with one attached hydrogen (secondary N) is 3. The number of anilines is 1. The van der Waals surface area contributed by atoms with Crippen LogP contribution in [0.5, 0.6) is 0 Å². The van der Waals surface area contributed by atoms with E-state index in [0.29, 0.717) is 11.6 Å². The van der Waals surface area contributed by atoms with Crippen LogP contribution < -0.4 is 16.0 Å². The molecule has 1 atom stereocenters. The summed E-state index contributed by atoms with van der Waals surface area (Å²) in [7, 11) is 1.58. The number of carbonyl (C=O) groups excluding carboxylic acids is 1.